The van der Waals surface area contributed by atoms with E-state index in [2.05, 4.69) is 0 Å². The lowest BCUT2D eigenvalue weighted by Gasteiger charge is -2.39. The van der Waals surface area contributed by atoms with E-state index in [-0.39, 0.29) is 43.3 Å². The van der Waals surface area contributed by atoms with Crippen molar-refractivity contribution in [2.24, 2.45) is 0 Å². The third-order valence-corrected chi connectivity index (χ3v) is 8.77. The monoisotopic (exact) mass is 771 g/mol. The van der Waals surface area contributed by atoms with E-state index in [4.69, 9.17) is 34.9 Å². The number of rotatable bonds is 12. The molecular weight excluding hydrogens is 710 g/mol. The molecule has 0 atom stereocenters. The SMILES string of the molecule is [2H]c1c([2H])c(F)c(F)c(C([2H])([2H])Sc2c([2H])c(=O)c3c([2H])c(C)c([2H])c([2H])c3n2CC(=O)N(Cc2c([2H])c([2H])c(-c3c([2H])c([2H])c(C(F)(F)F)c([2H])c3[2H])c([2H])c2[2H])C2CCN(C([2H])([2H])COC([2H])([2H])[2H])CC2)c1[2H]. The maximum absolute atomic E-state index is 15.6. The van der Waals surface area contributed by atoms with Gasteiger partial charge in [0.05, 0.1) is 47.4 Å². The lowest BCUT2D eigenvalue weighted by molar-refractivity contribution is -0.137. The minimum atomic E-state index is -5.40. The van der Waals surface area contributed by atoms with E-state index >= 15 is 9.18 Å². The second-order valence-corrected chi connectivity index (χ2v) is 12.2. The molecule has 1 saturated heterocycles. The van der Waals surface area contributed by atoms with E-state index in [9.17, 15) is 22.4 Å². The van der Waals surface area contributed by atoms with Crippen LogP contribution < -0.4 is 5.43 Å². The Morgan fingerprint density at radius 3 is 2.38 bits per heavy atom. The van der Waals surface area contributed by atoms with Gasteiger partial charge in [-0.3, -0.25) is 9.59 Å². The number of halogens is 5. The Labute approximate surface area is 340 Å². The van der Waals surface area contributed by atoms with Gasteiger partial charge < -0.3 is 19.1 Å². The van der Waals surface area contributed by atoms with Crippen molar-refractivity contribution in [1.82, 2.24) is 14.4 Å². The van der Waals surface area contributed by atoms with Gasteiger partial charge in [0, 0.05) is 67.4 Å². The number of methoxy groups -OCH3 is 1. The van der Waals surface area contributed by atoms with Gasteiger partial charge in [-0.1, -0.05) is 59.9 Å². The van der Waals surface area contributed by atoms with Gasteiger partial charge in [0.25, 0.3) is 0 Å². The molecule has 4 aromatic carbocycles. The van der Waals surface area contributed by atoms with Crippen LogP contribution in [0.2, 0.25) is 0 Å². The number of aromatic nitrogens is 1. The van der Waals surface area contributed by atoms with E-state index in [1.807, 2.05) is 0 Å². The van der Waals surface area contributed by atoms with Crippen molar-refractivity contribution < 1.29 is 61.6 Å². The predicted octanol–water partition coefficient (Wildman–Crippen LogP) is 8.71. The van der Waals surface area contributed by atoms with E-state index < -0.39 is 209 Å². The summed E-state index contributed by atoms with van der Waals surface area (Å²) in [6.45, 7) is -5.05. The number of nitrogens with zero attached hydrogens (tertiary/aromatic N) is 3. The summed E-state index contributed by atoms with van der Waals surface area (Å²) in [5, 5.41) is -1.72. The number of thioether (sulfide) groups is 1. The minimum Gasteiger partial charge on any atom is -0.383 e. The molecule has 278 valence electrons. The van der Waals surface area contributed by atoms with E-state index in [1.165, 1.54) is 6.92 Å². The van der Waals surface area contributed by atoms with Gasteiger partial charge in [-0.05, 0) is 66.7 Å². The maximum atomic E-state index is 15.6. The number of benzene rings is 4. The lowest BCUT2D eigenvalue weighted by atomic mass is 10.00. The summed E-state index contributed by atoms with van der Waals surface area (Å²) >= 11 is -0.294. The molecule has 1 aliphatic heterocycles. The first-order valence-corrected chi connectivity index (χ1v) is 16.4. The second-order valence-electron chi connectivity index (χ2n) is 11.4. The van der Waals surface area contributed by atoms with Crippen LogP contribution >= 0.6 is 11.8 Å². The first kappa shape index (κ1) is 19.2. The van der Waals surface area contributed by atoms with Crippen molar-refractivity contribution in [3.05, 3.63) is 135 Å². The Morgan fingerprint density at radius 2 is 1.70 bits per heavy atom. The standard InChI is InChI=1S/C41H40F5N3O3S/c1-27-6-15-36-34(22-27)37(50)23-39(53-26-31-4-3-5-35(42)40(31)43)49(36)25-38(51)48(33-16-18-47(19-17-33)20-21-52-2)24-28-7-9-29(10-8-28)30-11-13-32(14-12-30)41(44,45)46/h3-15,22-23,33H,16-21,24-26H2,1-2H3/i2D3,3D,4D,5D,6D,7D,8D,9D,10D,11D,12D,13D,14D,15D,20D2,22D,23D,26D2. The number of carbonyl (C=O) groups is 1. The number of hydrogen-bond acceptors (Lipinski definition) is 5. The molecule has 0 unspecified atom stereocenters. The number of hydrogen-bond donors (Lipinski definition) is 0. The van der Waals surface area contributed by atoms with Gasteiger partial charge in [0.1, 0.15) is 6.54 Å². The van der Waals surface area contributed by atoms with Gasteiger partial charge in [-0.15, -0.1) is 11.8 Å². The van der Waals surface area contributed by atoms with Crippen LogP contribution in [0.25, 0.3) is 22.0 Å². The highest BCUT2D eigenvalue weighted by atomic mass is 32.2. The molecule has 0 radical (unpaired) electrons. The lowest BCUT2D eigenvalue weighted by Crippen LogP contribution is -2.48. The molecule has 12 heteroatoms. The quantitative estimate of drug-likeness (QED) is 0.0939. The Kier molecular flexibility index (Phi) is 6.03. The summed E-state index contributed by atoms with van der Waals surface area (Å²) in [6, 6.07) is -19.0. The molecule has 5 aromatic rings. The fourth-order valence-electron chi connectivity index (χ4n) is 5.36. The van der Waals surface area contributed by atoms with Crippen molar-refractivity contribution in [2.75, 3.05) is 33.2 Å². The van der Waals surface area contributed by atoms with Crippen molar-refractivity contribution in [1.29, 1.82) is 0 Å². The number of alkyl halides is 3. The minimum absolute atomic E-state index is 0.248. The summed E-state index contributed by atoms with van der Waals surface area (Å²) in [6.07, 6.45) is -5.90. The zero-order valence-corrected chi connectivity index (χ0v) is 28.2. The van der Waals surface area contributed by atoms with Gasteiger partial charge >= 0.3 is 6.18 Å². The molecule has 0 bridgehead atoms. The zero-order valence-electron chi connectivity index (χ0n) is 49.4. The van der Waals surface area contributed by atoms with Crippen molar-refractivity contribution in [3.8, 4) is 11.1 Å². The van der Waals surface area contributed by atoms with Crippen LogP contribution in [0.1, 0.15) is 65.3 Å². The molecule has 0 N–H and O–H groups in total. The Morgan fingerprint density at radius 1 is 1.00 bits per heavy atom. The predicted molar refractivity (Wildman–Crippen MR) is 198 cm³/mol. The Hall–Kier alpha value is -4.52. The third kappa shape index (κ3) is 9.17. The van der Waals surface area contributed by atoms with Gasteiger partial charge in [-0.2, -0.15) is 13.2 Å². The first-order valence-electron chi connectivity index (χ1n) is 26.5. The molecule has 6 nitrogen and oxygen atoms in total. The molecule has 1 aromatic heterocycles. The fraction of sp³-hybridized carbons (Fsp3) is 0.317. The molecule has 2 heterocycles. The van der Waals surface area contributed by atoms with Crippen molar-refractivity contribution >= 4 is 28.6 Å². The van der Waals surface area contributed by atoms with Crippen molar-refractivity contribution in [2.45, 2.75) is 55.8 Å². The molecule has 1 amide bonds. The van der Waals surface area contributed by atoms with Crippen LogP contribution in [0.3, 0.4) is 0 Å². The number of pyridine rings is 1. The normalized spacial score (nSPS) is 20.9. The molecular formula is C41H40F5N3O3S. The highest BCUT2D eigenvalue weighted by Gasteiger charge is 2.31. The van der Waals surface area contributed by atoms with Crippen LogP contribution in [0, 0.1) is 18.6 Å². The molecule has 0 saturated carbocycles. The van der Waals surface area contributed by atoms with Gasteiger partial charge in [0.2, 0.25) is 5.91 Å². The topological polar surface area (TPSA) is 54.8 Å². The number of fused-ring (bicyclic) bond motifs is 1. The van der Waals surface area contributed by atoms with Crippen LogP contribution in [0.15, 0.2) is 100 Å². The largest absolute Gasteiger partial charge is 0.416 e. The Balaban J connectivity index is 1.57. The smallest absolute Gasteiger partial charge is 0.383 e. The maximum Gasteiger partial charge on any atom is 0.416 e. The number of piperidine rings is 1. The van der Waals surface area contributed by atoms with Crippen LogP contribution in [0.5, 0.6) is 0 Å². The van der Waals surface area contributed by atoms with E-state index in [1.54, 1.807) is 0 Å². The Bertz CT molecular complexity index is 3170. The molecule has 1 aliphatic rings. The third-order valence-electron chi connectivity index (χ3n) is 7.95. The van der Waals surface area contributed by atoms with Crippen LogP contribution in [-0.4, -0.2) is 59.5 Å². The summed E-state index contributed by atoms with van der Waals surface area (Å²) in [4.78, 5) is 31.3. The average molecular weight is 772 g/mol. The summed E-state index contributed by atoms with van der Waals surface area (Å²) in [5.74, 6) is -5.37. The summed E-state index contributed by atoms with van der Waals surface area (Å²) in [5.41, 5.74) is -12.0. The van der Waals surface area contributed by atoms with E-state index in [0.717, 1.165) is 9.80 Å². The van der Waals surface area contributed by atoms with Gasteiger partial charge in [-0.25, -0.2) is 8.78 Å². The summed E-state index contributed by atoms with van der Waals surface area (Å²) in [7, 11) is -3.00. The van der Waals surface area contributed by atoms with Crippen LogP contribution in [0.4, 0.5) is 22.0 Å². The van der Waals surface area contributed by atoms with Crippen LogP contribution in [-0.2, 0) is 34.5 Å². The van der Waals surface area contributed by atoms with Gasteiger partial charge in [0.15, 0.2) is 17.1 Å². The van der Waals surface area contributed by atoms with Crippen molar-refractivity contribution in [3.63, 3.8) is 0 Å². The second kappa shape index (κ2) is 16.7. The highest BCUT2D eigenvalue weighted by molar-refractivity contribution is 7.98. The van der Waals surface area contributed by atoms with E-state index in [0.29, 0.717) is 4.57 Å². The molecule has 0 aliphatic carbocycles. The number of carbonyl (C=O) groups excluding carboxylic acids is 1. The zero-order chi connectivity index (χ0) is 56.8. The fourth-order valence-corrected chi connectivity index (χ4v) is 6.11. The molecule has 1 fully saturated rings. The number of amides is 1. The average Bonchev–Trinajstić information content (AvgIpc) is 3.32. The number of ether oxygens (including phenoxy) is 1. The summed E-state index contributed by atoms with van der Waals surface area (Å²) < 4.78 is 262. The first-order chi connectivity index (χ1) is 34.3. The molecule has 0 spiro atoms. The number of likely N-dealkylation sites (tertiary alicyclic amines) is 1. The molecule has 53 heavy (non-hydrogen) atoms. The molecule has 6 rings (SSSR count). The highest BCUT2D eigenvalue weighted by Crippen LogP contribution is 2.32.